The third-order valence-electron chi connectivity index (χ3n) is 4.46. The monoisotopic (exact) mass is 268 g/mol. The van der Waals surface area contributed by atoms with E-state index >= 15 is 0 Å². The summed E-state index contributed by atoms with van der Waals surface area (Å²) < 4.78 is 0. The fourth-order valence-corrected chi connectivity index (χ4v) is 3.26. The van der Waals surface area contributed by atoms with Crippen LogP contribution < -0.4 is 0 Å². The highest BCUT2D eigenvalue weighted by atomic mass is 16.4. The Kier molecular flexibility index (Phi) is 4.66. The molecule has 0 aromatic rings. The maximum Gasteiger partial charge on any atom is 0.326 e. The van der Waals surface area contributed by atoms with Crippen molar-refractivity contribution in [3.05, 3.63) is 0 Å². The van der Waals surface area contributed by atoms with Gasteiger partial charge in [-0.05, 0) is 25.7 Å². The molecule has 1 atom stereocenters. The molecule has 0 spiro atoms. The zero-order valence-electron chi connectivity index (χ0n) is 11.7. The van der Waals surface area contributed by atoms with Crippen molar-refractivity contribution >= 4 is 12.0 Å². The third-order valence-corrected chi connectivity index (χ3v) is 4.46. The summed E-state index contributed by atoms with van der Waals surface area (Å²) >= 11 is 0. The van der Waals surface area contributed by atoms with Crippen molar-refractivity contribution in [2.75, 3.05) is 13.6 Å². The van der Waals surface area contributed by atoms with Crippen LogP contribution in [0.15, 0.2) is 0 Å². The van der Waals surface area contributed by atoms with E-state index in [4.69, 9.17) is 5.11 Å². The van der Waals surface area contributed by atoms with E-state index in [1.807, 2.05) is 7.05 Å². The number of hydrogen-bond acceptors (Lipinski definition) is 2. The zero-order chi connectivity index (χ0) is 13.8. The lowest BCUT2D eigenvalue weighted by Crippen LogP contribution is -2.49. The van der Waals surface area contributed by atoms with Crippen LogP contribution in [0.25, 0.3) is 0 Å². The van der Waals surface area contributed by atoms with Crippen molar-refractivity contribution in [3.8, 4) is 0 Å². The van der Waals surface area contributed by atoms with Crippen molar-refractivity contribution in [2.24, 2.45) is 0 Å². The lowest BCUT2D eigenvalue weighted by molar-refractivity contribution is -0.141. The Morgan fingerprint density at radius 1 is 1.05 bits per heavy atom. The predicted molar refractivity (Wildman–Crippen MR) is 72.0 cm³/mol. The van der Waals surface area contributed by atoms with E-state index in [0.717, 1.165) is 19.3 Å². The van der Waals surface area contributed by atoms with Gasteiger partial charge in [0.05, 0.1) is 0 Å². The molecule has 108 valence electrons. The number of rotatable bonds is 2. The topological polar surface area (TPSA) is 60.9 Å². The van der Waals surface area contributed by atoms with Gasteiger partial charge in [0.2, 0.25) is 0 Å². The van der Waals surface area contributed by atoms with Crippen molar-refractivity contribution in [2.45, 2.75) is 63.5 Å². The molecule has 5 heteroatoms. The van der Waals surface area contributed by atoms with Crippen LogP contribution in [0.2, 0.25) is 0 Å². The van der Waals surface area contributed by atoms with E-state index in [1.165, 1.54) is 30.6 Å². The number of likely N-dealkylation sites (tertiary alicyclic amines) is 1. The van der Waals surface area contributed by atoms with E-state index in [0.29, 0.717) is 13.0 Å². The lowest BCUT2D eigenvalue weighted by atomic mass is 10.1. The average molecular weight is 268 g/mol. The summed E-state index contributed by atoms with van der Waals surface area (Å²) in [5, 5.41) is 9.16. The van der Waals surface area contributed by atoms with E-state index < -0.39 is 12.0 Å². The minimum absolute atomic E-state index is 0.100. The number of aliphatic carboxylic acids is 1. The highest BCUT2D eigenvalue weighted by molar-refractivity contribution is 5.83. The molecule has 0 aromatic carbocycles. The molecule has 2 aliphatic rings. The van der Waals surface area contributed by atoms with Gasteiger partial charge in [-0.3, -0.25) is 0 Å². The molecule has 0 bridgehead atoms. The Bertz CT molecular complexity index is 338. The Hall–Kier alpha value is -1.26. The fourth-order valence-electron chi connectivity index (χ4n) is 3.26. The molecule has 1 aliphatic carbocycles. The van der Waals surface area contributed by atoms with Crippen molar-refractivity contribution < 1.29 is 14.7 Å². The maximum atomic E-state index is 12.5. The highest BCUT2D eigenvalue weighted by Crippen LogP contribution is 2.24. The smallest absolute Gasteiger partial charge is 0.326 e. The molecule has 0 aromatic heterocycles. The van der Waals surface area contributed by atoms with Gasteiger partial charge in [0, 0.05) is 19.6 Å². The molecule has 1 N–H and O–H groups in total. The molecule has 2 amide bonds. The Labute approximate surface area is 114 Å². The molecule has 1 saturated heterocycles. The first kappa shape index (κ1) is 14.2. The quantitative estimate of drug-likeness (QED) is 0.782. The molecule has 2 fully saturated rings. The van der Waals surface area contributed by atoms with E-state index in [-0.39, 0.29) is 12.1 Å². The van der Waals surface area contributed by atoms with Crippen molar-refractivity contribution in [3.63, 3.8) is 0 Å². The molecular weight excluding hydrogens is 244 g/mol. The molecular formula is C14H24N2O3. The maximum absolute atomic E-state index is 12.5. The van der Waals surface area contributed by atoms with Gasteiger partial charge in [0.1, 0.15) is 6.04 Å². The molecule has 0 radical (unpaired) electrons. The second-order valence-corrected chi connectivity index (χ2v) is 5.73. The number of nitrogens with zero attached hydrogens (tertiary/aromatic N) is 2. The van der Waals surface area contributed by atoms with Gasteiger partial charge in [-0.25, -0.2) is 9.59 Å². The van der Waals surface area contributed by atoms with Crippen LogP contribution >= 0.6 is 0 Å². The third kappa shape index (κ3) is 3.19. The van der Waals surface area contributed by atoms with Gasteiger partial charge in [-0.2, -0.15) is 0 Å². The molecule has 1 unspecified atom stereocenters. The number of carbonyl (C=O) groups is 2. The van der Waals surface area contributed by atoms with E-state index in [1.54, 1.807) is 4.90 Å². The van der Waals surface area contributed by atoms with Gasteiger partial charge in [-0.15, -0.1) is 0 Å². The van der Waals surface area contributed by atoms with Crippen molar-refractivity contribution in [1.82, 2.24) is 9.80 Å². The summed E-state index contributed by atoms with van der Waals surface area (Å²) in [7, 11) is 1.83. The van der Waals surface area contributed by atoms with E-state index in [2.05, 4.69) is 0 Å². The van der Waals surface area contributed by atoms with Crippen LogP contribution in [0.4, 0.5) is 4.79 Å². The van der Waals surface area contributed by atoms with Crippen LogP contribution in [0.1, 0.15) is 51.4 Å². The summed E-state index contributed by atoms with van der Waals surface area (Å²) in [5.41, 5.74) is 0. The van der Waals surface area contributed by atoms with Crippen LogP contribution in [0, 0.1) is 0 Å². The Balaban J connectivity index is 1.99. The van der Waals surface area contributed by atoms with Crippen LogP contribution in [-0.2, 0) is 4.79 Å². The van der Waals surface area contributed by atoms with Crippen molar-refractivity contribution in [1.29, 1.82) is 0 Å². The van der Waals surface area contributed by atoms with E-state index in [9.17, 15) is 9.59 Å². The largest absolute Gasteiger partial charge is 0.480 e. The molecule has 1 aliphatic heterocycles. The molecule has 1 saturated carbocycles. The highest BCUT2D eigenvalue weighted by Gasteiger charge is 2.36. The molecule has 1 heterocycles. The number of hydrogen-bond donors (Lipinski definition) is 1. The number of carboxylic acid groups (broad SMARTS) is 1. The van der Waals surface area contributed by atoms with Crippen LogP contribution in [0.3, 0.4) is 0 Å². The lowest BCUT2D eigenvalue weighted by Gasteiger charge is -2.33. The summed E-state index contributed by atoms with van der Waals surface area (Å²) in [4.78, 5) is 26.9. The first-order valence-corrected chi connectivity index (χ1v) is 7.37. The number of amides is 2. The zero-order valence-corrected chi connectivity index (χ0v) is 11.7. The number of carbonyl (C=O) groups excluding carboxylic acids is 1. The minimum atomic E-state index is -0.875. The second kappa shape index (κ2) is 6.26. The molecule has 5 nitrogen and oxygen atoms in total. The van der Waals surface area contributed by atoms with Crippen LogP contribution in [0.5, 0.6) is 0 Å². The SMILES string of the molecule is CN(C(=O)N1CCCC1C(=O)O)C1CCCCCC1. The fraction of sp³-hybridized carbons (Fsp3) is 0.857. The summed E-state index contributed by atoms with van der Waals surface area (Å²) in [6.07, 6.45) is 8.32. The predicted octanol–water partition coefficient (Wildman–Crippen LogP) is 2.31. The van der Waals surface area contributed by atoms with Gasteiger partial charge in [0.25, 0.3) is 0 Å². The summed E-state index contributed by atoms with van der Waals surface area (Å²) in [6.45, 7) is 0.576. The van der Waals surface area contributed by atoms with Gasteiger partial charge >= 0.3 is 12.0 Å². The number of carboxylic acids is 1. The van der Waals surface area contributed by atoms with Gasteiger partial charge in [-0.1, -0.05) is 25.7 Å². The van der Waals surface area contributed by atoms with Gasteiger partial charge in [0.15, 0.2) is 0 Å². The Morgan fingerprint density at radius 3 is 2.26 bits per heavy atom. The normalized spacial score (nSPS) is 25.1. The standard InChI is InChI=1S/C14H24N2O3/c1-15(11-7-4-2-3-5-8-11)14(19)16-10-6-9-12(16)13(17)18/h11-12H,2-10H2,1H3,(H,17,18). The molecule has 19 heavy (non-hydrogen) atoms. The average Bonchev–Trinajstić information content (AvgIpc) is 2.73. The van der Waals surface area contributed by atoms with Gasteiger partial charge < -0.3 is 14.9 Å². The summed E-state index contributed by atoms with van der Waals surface area (Å²) in [5.74, 6) is -0.875. The Morgan fingerprint density at radius 2 is 1.68 bits per heavy atom. The second-order valence-electron chi connectivity index (χ2n) is 5.73. The first-order valence-electron chi connectivity index (χ1n) is 7.37. The van der Waals surface area contributed by atoms with Crippen LogP contribution in [-0.4, -0.2) is 52.6 Å². The summed E-state index contributed by atoms with van der Waals surface area (Å²) in [6, 6.07) is -0.442. The number of urea groups is 1. The molecule has 2 rings (SSSR count). The minimum Gasteiger partial charge on any atom is -0.480 e. The first-order chi connectivity index (χ1) is 9.11.